The van der Waals surface area contributed by atoms with Crippen molar-refractivity contribution in [2.45, 2.75) is 32.4 Å². The largest absolute Gasteiger partial charge is 0.377 e. The zero-order valence-electron chi connectivity index (χ0n) is 12.0. The van der Waals surface area contributed by atoms with Crippen LogP contribution in [0.2, 0.25) is 0 Å². The van der Waals surface area contributed by atoms with Crippen LogP contribution in [0, 0.1) is 0 Å². The van der Waals surface area contributed by atoms with Gasteiger partial charge in [-0.2, -0.15) is 0 Å². The minimum absolute atomic E-state index is 0.0665. The number of carbonyl (C=O) groups excluding carboxylic acids is 2. The lowest BCUT2D eigenvalue weighted by molar-refractivity contribution is -0.147. The lowest BCUT2D eigenvalue weighted by atomic mass is 10.0. The summed E-state index contributed by atoms with van der Waals surface area (Å²) in [6.07, 6.45) is 0. The summed E-state index contributed by atoms with van der Waals surface area (Å²) in [6.45, 7) is 7.28. The van der Waals surface area contributed by atoms with Gasteiger partial charge in [-0.25, -0.2) is 0 Å². The van der Waals surface area contributed by atoms with Crippen molar-refractivity contribution in [2.24, 2.45) is 0 Å². The van der Waals surface area contributed by atoms with E-state index < -0.39 is 6.04 Å². The van der Waals surface area contributed by atoms with Crippen LogP contribution in [0.15, 0.2) is 17.5 Å². The van der Waals surface area contributed by atoms with E-state index in [1.165, 1.54) is 11.3 Å². The molecule has 1 aromatic rings. The number of nitrogens with zero attached hydrogens (tertiary/aromatic N) is 1. The summed E-state index contributed by atoms with van der Waals surface area (Å²) in [4.78, 5) is 26.9. The molecule has 0 aromatic carbocycles. The van der Waals surface area contributed by atoms with Gasteiger partial charge in [-0.05, 0) is 32.2 Å². The molecule has 2 amide bonds. The lowest BCUT2D eigenvalue weighted by Gasteiger charge is -2.43. The van der Waals surface area contributed by atoms with Crippen molar-refractivity contribution in [1.29, 1.82) is 0 Å². The number of ether oxygens (including phenoxy) is 1. The highest BCUT2D eigenvalue weighted by Gasteiger charge is 2.36. The van der Waals surface area contributed by atoms with E-state index in [1.54, 1.807) is 17.9 Å². The van der Waals surface area contributed by atoms with Gasteiger partial charge in [0.25, 0.3) is 5.91 Å². The zero-order chi connectivity index (χ0) is 14.8. The molecule has 0 aliphatic carbocycles. The third-order valence-corrected chi connectivity index (χ3v) is 4.24. The molecule has 0 saturated carbocycles. The smallest absolute Gasteiger partial charge is 0.261 e. The topological polar surface area (TPSA) is 58.6 Å². The molecule has 1 aliphatic heterocycles. The Bertz CT molecular complexity index is 485. The van der Waals surface area contributed by atoms with Gasteiger partial charge in [-0.3, -0.25) is 9.59 Å². The Morgan fingerprint density at radius 2 is 2.25 bits per heavy atom. The van der Waals surface area contributed by atoms with Crippen LogP contribution in [0.3, 0.4) is 0 Å². The molecule has 20 heavy (non-hydrogen) atoms. The summed E-state index contributed by atoms with van der Waals surface area (Å²) < 4.78 is 5.41. The van der Waals surface area contributed by atoms with Crippen LogP contribution in [-0.2, 0) is 9.53 Å². The maximum atomic E-state index is 12.5. The van der Waals surface area contributed by atoms with Crippen molar-refractivity contribution in [3.05, 3.63) is 22.4 Å². The Hall–Kier alpha value is -1.40. The van der Waals surface area contributed by atoms with E-state index in [-0.39, 0.29) is 17.4 Å². The van der Waals surface area contributed by atoms with Gasteiger partial charge in [0.05, 0.1) is 23.6 Å². The third kappa shape index (κ3) is 3.19. The fourth-order valence-corrected chi connectivity index (χ4v) is 2.86. The van der Waals surface area contributed by atoms with E-state index in [2.05, 4.69) is 5.32 Å². The van der Waals surface area contributed by atoms with Crippen LogP contribution in [-0.4, -0.2) is 48.1 Å². The van der Waals surface area contributed by atoms with Crippen molar-refractivity contribution >= 4 is 23.2 Å². The molecule has 1 aliphatic rings. The number of rotatable bonds is 3. The number of nitrogens with one attached hydrogen (secondary N) is 1. The molecule has 1 N–H and O–H groups in total. The first-order valence-corrected chi connectivity index (χ1v) is 7.53. The predicted molar refractivity (Wildman–Crippen MR) is 77.9 cm³/mol. The standard InChI is InChI=1S/C14H20N2O3S/c1-10(15-12(17)11-5-4-8-20-11)13(18)16-6-7-19-9-14(16,2)3/h4-5,8,10H,6-7,9H2,1-3H3,(H,15,17)/t10-/m0/s1. The van der Waals surface area contributed by atoms with Gasteiger partial charge < -0.3 is 15.0 Å². The van der Waals surface area contributed by atoms with Crippen LogP contribution >= 0.6 is 11.3 Å². The molecule has 5 nitrogen and oxygen atoms in total. The molecular weight excluding hydrogens is 276 g/mol. The molecule has 1 fully saturated rings. The first-order valence-electron chi connectivity index (χ1n) is 6.65. The van der Waals surface area contributed by atoms with Gasteiger partial charge in [-0.1, -0.05) is 6.07 Å². The Labute approximate surface area is 122 Å². The molecule has 1 aromatic heterocycles. The Kier molecular flexibility index (Phi) is 4.45. The number of amides is 2. The fourth-order valence-electron chi connectivity index (χ4n) is 2.24. The highest BCUT2D eigenvalue weighted by molar-refractivity contribution is 7.12. The van der Waals surface area contributed by atoms with Crippen LogP contribution in [0.1, 0.15) is 30.4 Å². The average molecular weight is 296 g/mol. The molecule has 2 heterocycles. The van der Waals surface area contributed by atoms with E-state index in [9.17, 15) is 9.59 Å². The van der Waals surface area contributed by atoms with Crippen molar-refractivity contribution in [2.75, 3.05) is 19.8 Å². The van der Waals surface area contributed by atoms with E-state index in [4.69, 9.17) is 4.74 Å². The summed E-state index contributed by atoms with van der Waals surface area (Å²) in [6, 6.07) is 3.02. The SMILES string of the molecule is C[C@H](NC(=O)c1cccs1)C(=O)N1CCOCC1(C)C. The van der Waals surface area contributed by atoms with Gasteiger partial charge in [0.2, 0.25) is 5.91 Å². The molecule has 1 saturated heterocycles. The number of hydrogen-bond donors (Lipinski definition) is 1. The quantitative estimate of drug-likeness (QED) is 0.919. The lowest BCUT2D eigenvalue weighted by Crippen LogP contribution is -2.59. The predicted octanol–water partition coefficient (Wildman–Crippen LogP) is 1.50. The second kappa shape index (κ2) is 5.93. The van der Waals surface area contributed by atoms with Gasteiger partial charge in [-0.15, -0.1) is 11.3 Å². The summed E-state index contributed by atoms with van der Waals surface area (Å²) in [5.74, 6) is -0.268. The first kappa shape index (κ1) is 15.0. The van der Waals surface area contributed by atoms with Crippen molar-refractivity contribution < 1.29 is 14.3 Å². The Balaban J connectivity index is 1.99. The van der Waals surface area contributed by atoms with E-state index in [1.807, 2.05) is 25.3 Å². The number of hydrogen-bond acceptors (Lipinski definition) is 4. The second-order valence-corrected chi connectivity index (χ2v) is 6.48. The van der Waals surface area contributed by atoms with Crippen LogP contribution < -0.4 is 5.32 Å². The summed E-state index contributed by atoms with van der Waals surface area (Å²) in [5, 5.41) is 4.60. The zero-order valence-corrected chi connectivity index (χ0v) is 12.8. The Morgan fingerprint density at radius 3 is 2.85 bits per heavy atom. The second-order valence-electron chi connectivity index (χ2n) is 5.53. The highest BCUT2D eigenvalue weighted by Crippen LogP contribution is 2.20. The van der Waals surface area contributed by atoms with E-state index >= 15 is 0 Å². The molecule has 6 heteroatoms. The molecule has 0 spiro atoms. The first-order chi connectivity index (χ1) is 9.42. The fraction of sp³-hybridized carbons (Fsp3) is 0.571. The van der Waals surface area contributed by atoms with Gasteiger partial charge in [0, 0.05) is 6.54 Å². The summed E-state index contributed by atoms with van der Waals surface area (Å²) in [7, 11) is 0. The molecule has 110 valence electrons. The molecule has 0 unspecified atom stereocenters. The maximum Gasteiger partial charge on any atom is 0.261 e. The number of morpholine rings is 1. The van der Waals surface area contributed by atoms with Crippen LogP contribution in [0.25, 0.3) is 0 Å². The molecule has 2 rings (SSSR count). The molecule has 0 radical (unpaired) electrons. The normalized spacial score (nSPS) is 19.4. The van der Waals surface area contributed by atoms with Gasteiger partial charge >= 0.3 is 0 Å². The van der Waals surface area contributed by atoms with Crippen molar-refractivity contribution in [1.82, 2.24) is 10.2 Å². The number of carbonyl (C=O) groups is 2. The monoisotopic (exact) mass is 296 g/mol. The van der Waals surface area contributed by atoms with Gasteiger partial charge in [0.15, 0.2) is 0 Å². The maximum absolute atomic E-state index is 12.5. The Morgan fingerprint density at radius 1 is 1.50 bits per heavy atom. The minimum atomic E-state index is -0.540. The molecule has 1 atom stereocenters. The van der Waals surface area contributed by atoms with Crippen LogP contribution in [0.5, 0.6) is 0 Å². The van der Waals surface area contributed by atoms with Crippen molar-refractivity contribution in [3.8, 4) is 0 Å². The minimum Gasteiger partial charge on any atom is -0.377 e. The molecule has 0 bridgehead atoms. The number of thiophene rings is 1. The summed E-state index contributed by atoms with van der Waals surface area (Å²) in [5.41, 5.74) is -0.336. The van der Waals surface area contributed by atoms with E-state index in [0.717, 1.165) is 0 Å². The third-order valence-electron chi connectivity index (χ3n) is 3.37. The molecular formula is C14H20N2O3S. The average Bonchev–Trinajstić information content (AvgIpc) is 2.91. The summed E-state index contributed by atoms with van der Waals surface area (Å²) >= 11 is 1.36. The van der Waals surface area contributed by atoms with E-state index in [0.29, 0.717) is 24.6 Å². The van der Waals surface area contributed by atoms with Gasteiger partial charge in [0.1, 0.15) is 6.04 Å². The van der Waals surface area contributed by atoms with Crippen molar-refractivity contribution in [3.63, 3.8) is 0 Å². The van der Waals surface area contributed by atoms with Crippen LogP contribution in [0.4, 0.5) is 0 Å². The highest BCUT2D eigenvalue weighted by atomic mass is 32.1.